The molecule has 0 heterocycles. The molecule has 3 heteroatoms. The summed E-state index contributed by atoms with van der Waals surface area (Å²) in [6, 6.07) is 6.47. The summed E-state index contributed by atoms with van der Waals surface area (Å²) < 4.78 is 0. The molecule has 1 atom stereocenters. The van der Waals surface area contributed by atoms with E-state index < -0.39 is 5.60 Å². The van der Waals surface area contributed by atoms with E-state index in [2.05, 4.69) is 0 Å². The zero-order valence-electron chi connectivity index (χ0n) is 8.09. The van der Waals surface area contributed by atoms with Crippen LogP contribution in [0, 0.1) is 0 Å². The third-order valence-corrected chi connectivity index (χ3v) is 2.50. The van der Waals surface area contributed by atoms with Crippen molar-refractivity contribution in [2.75, 3.05) is 0 Å². The van der Waals surface area contributed by atoms with Gasteiger partial charge in [-0.25, -0.2) is 0 Å². The van der Waals surface area contributed by atoms with Gasteiger partial charge in [0, 0.05) is 6.42 Å². The van der Waals surface area contributed by atoms with Crippen molar-refractivity contribution >= 4 is 0 Å². The first-order valence-corrected chi connectivity index (χ1v) is 4.70. The number of hydrogen-bond donors (Lipinski definition) is 3. The average molecular weight is 204 g/mol. The zero-order chi connectivity index (χ0) is 10.9. The number of phenols is 1. The minimum atomic E-state index is -1.13. The molecular formula is C12H12O3. The molecule has 0 aliphatic heterocycles. The molecule has 0 saturated carbocycles. The van der Waals surface area contributed by atoms with Gasteiger partial charge in [0.2, 0.25) is 0 Å². The monoisotopic (exact) mass is 204 g/mol. The predicted octanol–water partition coefficient (Wildman–Crippen LogP) is 1.98. The molecule has 0 bridgehead atoms. The van der Waals surface area contributed by atoms with Crippen LogP contribution in [0.5, 0.6) is 5.75 Å². The molecule has 2 rings (SSSR count). The van der Waals surface area contributed by atoms with Crippen molar-refractivity contribution in [2.24, 2.45) is 0 Å². The third-order valence-electron chi connectivity index (χ3n) is 2.50. The molecule has 0 saturated heterocycles. The Morgan fingerprint density at radius 3 is 2.60 bits per heavy atom. The molecule has 1 aliphatic carbocycles. The van der Waals surface area contributed by atoms with E-state index in [1.165, 1.54) is 18.2 Å². The Hall–Kier alpha value is -1.74. The Kier molecular flexibility index (Phi) is 2.25. The number of aliphatic hydroxyl groups is 2. The standard InChI is InChI=1S/C12H12O3/c13-10-4-6-12(15,7-5-10)9-2-1-3-11(14)8-9/h1-6,8,13-15H,7H2. The average Bonchev–Trinajstić information content (AvgIpc) is 2.23. The number of allylic oxidation sites excluding steroid dienone is 1. The molecule has 78 valence electrons. The van der Waals surface area contributed by atoms with Crippen LogP contribution < -0.4 is 0 Å². The fourth-order valence-electron chi connectivity index (χ4n) is 1.61. The molecule has 0 radical (unpaired) electrons. The summed E-state index contributed by atoms with van der Waals surface area (Å²) in [7, 11) is 0. The Morgan fingerprint density at radius 2 is 2.00 bits per heavy atom. The van der Waals surface area contributed by atoms with Crippen LogP contribution in [-0.4, -0.2) is 15.3 Å². The van der Waals surface area contributed by atoms with E-state index >= 15 is 0 Å². The number of benzene rings is 1. The van der Waals surface area contributed by atoms with Crippen molar-refractivity contribution in [1.29, 1.82) is 0 Å². The maximum atomic E-state index is 10.2. The van der Waals surface area contributed by atoms with Gasteiger partial charge in [0.25, 0.3) is 0 Å². The van der Waals surface area contributed by atoms with Gasteiger partial charge in [-0.3, -0.25) is 0 Å². The normalized spacial score (nSPS) is 25.0. The van der Waals surface area contributed by atoms with Gasteiger partial charge in [0.1, 0.15) is 17.1 Å². The first-order valence-electron chi connectivity index (χ1n) is 4.70. The SMILES string of the molecule is OC1=CCC(O)(c2cccc(O)c2)C=C1. The van der Waals surface area contributed by atoms with Gasteiger partial charge >= 0.3 is 0 Å². The van der Waals surface area contributed by atoms with Crippen LogP contribution in [-0.2, 0) is 5.60 Å². The lowest BCUT2D eigenvalue weighted by molar-refractivity contribution is 0.0891. The third kappa shape index (κ3) is 1.87. The second kappa shape index (κ2) is 3.44. The van der Waals surface area contributed by atoms with E-state index in [-0.39, 0.29) is 11.5 Å². The Labute approximate surface area is 87.6 Å². The van der Waals surface area contributed by atoms with Crippen molar-refractivity contribution in [3.63, 3.8) is 0 Å². The molecular weight excluding hydrogens is 192 g/mol. The predicted molar refractivity (Wildman–Crippen MR) is 56.5 cm³/mol. The molecule has 0 amide bonds. The summed E-state index contributed by atoms with van der Waals surface area (Å²) in [5.74, 6) is 0.271. The maximum absolute atomic E-state index is 10.2. The summed E-state index contributed by atoms with van der Waals surface area (Å²) in [5.41, 5.74) is -0.521. The van der Waals surface area contributed by atoms with Gasteiger partial charge in [-0.05, 0) is 35.9 Å². The van der Waals surface area contributed by atoms with Crippen LogP contribution in [0.3, 0.4) is 0 Å². The van der Waals surface area contributed by atoms with Crippen LogP contribution in [0.25, 0.3) is 0 Å². The number of phenolic OH excluding ortho intramolecular Hbond substituents is 1. The summed E-state index contributed by atoms with van der Waals surface area (Å²) in [4.78, 5) is 0. The Morgan fingerprint density at radius 1 is 1.20 bits per heavy atom. The number of rotatable bonds is 1. The van der Waals surface area contributed by atoms with Crippen LogP contribution in [0.1, 0.15) is 12.0 Å². The van der Waals surface area contributed by atoms with Gasteiger partial charge in [0.05, 0.1) is 0 Å². The highest BCUT2D eigenvalue weighted by Crippen LogP contribution is 2.32. The molecule has 1 aromatic rings. The van der Waals surface area contributed by atoms with E-state index in [0.29, 0.717) is 12.0 Å². The highest BCUT2D eigenvalue weighted by Gasteiger charge is 2.27. The summed E-state index contributed by atoms with van der Waals surface area (Å²) in [6.45, 7) is 0. The van der Waals surface area contributed by atoms with Crippen molar-refractivity contribution in [3.05, 3.63) is 53.8 Å². The molecule has 1 unspecified atom stereocenters. The quantitative estimate of drug-likeness (QED) is 0.655. The smallest absolute Gasteiger partial charge is 0.115 e. The second-order valence-corrected chi connectivity index (χ2v) is 3.64. The molecule has 0 aromatic heterocycles. The van der Waals surface area contributed by atoms with Crippen molar-refractivity contribution in [3.8, 4) is 5.75 Å². The first-order chi connectivity index (χ1) is 7.10. The lowest BCUT2D eigenvalue weighted by Crippen LogP contribution is -2.23. The molecule has 3 nitrogen and oxygen atoms in total. The second-order valence-electron chi connectivity index (χ2n) is 3.64. The van der Waals surface area contributed by atoms with E-state index in [0.717, 1.165) is 0 Å². The number of hydrogen-bond acceptors (Lipinski definition) is 3. The number of aliphatic hydroxyl groups excluding tert-OH is 1. The maximum Gasteiger partial charge on any atom is 0.115 e. The zero-order valence-corrected chi connectivity index (χ0v) is 8.09. The largest absolute Gasteiger partial charge is 0.508 e. The molecule has 0 fully saturated rings. The highest BCUT2D eigenvalue weighted by molar-refractivity contribution is 5.37. The van der Waals surface area contributed by atoms with Crippen LogP contribution >= 0.6 is 0 Å². The summed E-state index contributed by atoms with van der Waals surface area (Å²) >= 11 is 0. The molecule has 3 N–H and O–H groups in total. The van der Waals surface area contributed by atoms with Gasteiger partial charge in [0.15, 0.2) is 0 Å². The molecule has 1 aliphatic rings. The molecule has 0 spiro atoms. The fourth-order valence-corrected chi connectivity index (χ4v) is 1.61. The van der Waals surface area contributed by atoms with Gasteiger partial charge in [-0.1, -0.05) is 12.1 Å². The van der Waals surface area contributed by atoms with Gasteiger partial charge in [-0.2, -0.15) is 0 Å². The highest BCUT2D eigenvalue weighted by atomic mass is 16.3. The van der Waals surface area contributed by atoms with E-state index in [1.54, 1.807) is 24.3 Å². The van der Waals surface area contributed by atoms with Crippen LogP contribution in [0.15, 0.2) is 48.3 Å². The van der Waals surface area contributed by atoms with Crippen molar-refractivity contribution < 1.29 is 15.3 Å². The van der Waals surface area contributed by atoms with Gasteiger partial charge < -0.3 is 15.3 Å². The summed E-state index contributed by atoms with van der Waals surface area (Å²) in [6.07, 6.45) is 4.83. The van der Waals surface area contributed by atoms with Gasteiger partial charge in [-0.15, -0.1) is 0 Å². The Bertz CT molecular complexity index is 434. The van der Waals surface area contributed by atoms with E-state index in [1.807, 2.05) is 0 Å². The first kappa shape index (κ1) is 9.80. The lowest BCUT2D eigenvalue weighted by Gasteiger charge is -2.26. The molecule has 1 aromatic carbocycles. The van der Waals surface area contributed by atoms with Crippen molar-refractivity contribution in [1.82, 2.24) is 0 Å². The lowest BCUT2D eigenvalue weighted by atomic mass is 9.87. The fraction of sp³-hybridized carbons (Fsp3) is 0.167. The van der Waals surface area contributed by atoms with Crippen LogP contribution in [0.2, 0.25) is 0 Å². The minimum Gasteiger partial charge on any atom is -0.508 e. The summed E-state index contributed by atoms with van der Waals surface area (Å²) in [5, 5.41) is 28.7. The van der Waals surface area contributed by atoms with E-state index in [9.17, 15) is 10.2 Å². The van der Waals surface area contributed by atoms with E-state index in [4.69, 9.17) is 5.11 Å². The topological polar surface area (TPSA) is 60.7 Å². The Balaban J connectivity index is 2.36. The number of aromatic hydroxyl groups is 1. The minimum absolute atomic E-state index is 0.119. The molecule has 15 heavy (non-hydrogen) atoms. The van der Waals surface area contributed by atoms with Crippen molar-refractivity contribution in [2.45, 2.75) is 12.0 Å². The van der Waals surface area contributed by atoms with Crippen LogP contribution in [0.4, 0.5) is 0 Å².